The molecule has 1 aromatic carbocycles. The zero-order valence-electron chi connectivity index (χ0n) is 13.3. The van der Waals surface area contributed by atoms with Crippen molar-refractivity contribution in [2.24, 2.45) is 5.92 Å². The zero-order chi connectivity index (χ0) is 14.6. The number of benzene rings is 1. The van der Waals surface area contributed by atoms with Crippen molar-refractivity contribution in [3.05, 3.63) is 35.9 Å². The van der Waals surface area contributed by atoms with Gasteiger partial charge in [-0.25, -0.2) is 0 Å². The summed E-state index contributed by atoms with van der Waals surface area (Å²) in [4.78, 5) is 0. The second-order valence-corrected chi connectivity index (χ2v) is 12.8. The Hall–Kier alpha value is -0.643. The Morgan fingerprint density at radius 1 is 1.20 bits per heavy atom. The highest BCUT2D eigenvalue weighted by molar-refractivity contribution is 6.76. The molecule has 0 aliphatic carbocycles. The summed E-state index contributed by atoms with van der Waals surface area (Å²) in [5.41, 5.74) is 1.23. The molecule has 0 spiro atoms. The van der Waals surface area contributed by atoms with Crippen LogP contribution < -0.4 is 0 Å². The average Bonchev–Trinajstić information content (AvgIpc) is 2.68. The maximum absolute atomic E-state index is 6.20. The van der Waals surface area contributed by atoms with Gasteiger partial charge in [-0.05, 0) is 23.9 Å². The molecule has 0 N–H and O–H groups in total. The maximum Gasteiger partial charge on any atom is 0.0838 e. The SMILES string of the molecule is C[C@H]1C[C@H](C[Si](C)(C)C)O[C@@H]1COCc1ccccc1. The Morgan fingerprint density at radius 3 is 2.55 bits per heavy atom. The molecule has 20 heavy (non-hydrogen) atoms. The lowest BCUT2D eigenvalue weighted by Crippen LogP contribution is -2.27. The van der Waals surface area contributed by atoms with Gasteiger partial charge in [-0.15, -0.1) is 0 Å². The van der Waals surface area contributed by atoms with Gasteiger partial charge in [-0.2, -0.15) is 0 Å². The summed E-state index contributed by atoms with van der Waals surface area (Å²) in [6.45, 7) is 11.0. The fraction of sp³-hybridized carbons (Fsp3) is 0.647. The van der Waals surface area contributed by atoms with Crippen LogP contribution in [0.25, 0.3) is 0 Å². The van der Waals surface area contributed by atoms with E-state index in [-0.39, 0.29) is 6.10 Å². The minimum Gasteiger partial charge on any atom is -0.374 e. The van der Waals surface area contributed by atoms with E-state index in [0.29, 0.717) is 18.6 Å². The normalized spacial score (nSPS) is 26.9. The molecule has 1 aromatic rings. The Balaban J connectivity index is 1.74. The molecule has 1 aliphatic heterocycles. The van der Waals surface area contributed by atoms with Gasteiger partial charge in [0.15, 0.2) is 0 Å². The first-order valence-electron chi connectivity index (χ1n) is 7.71. The van der Waals surface area contributed by atoms with Gasteiger partial charge in [0.25, 0.3) is 0 Å². The fourth-order valence-electron chi connectivity index (χ4n) is 2.89. The van der Waals surface area contributed by atoms with E-state index in [0.717, 1.165) is 6.61 Å². The van der Waals surface area contributed by atoms with Gasteiger partial charge in [0.1, 0.15) is 0 Å². The number of hydrogen-bond donors (Lipinski definition) is 0. The summed E-state index contributed by atoms with van der Waals surface area (Å²) in [6.07, 6.45) is 1.94. The van der Waals surface area contributed by atoms with Gasteiger partial charge in [0.2, 0.25) is 0 Å². The predicted molar refractivity (Wildman–Crippen MR) is 86.7 cm³/mol. The quantitative estimate of drug-likeness (QED) is 0.726. The number of rotatable bonds is 6. The van der Waals surface area contributed by atoms with Crippen molar-refractivity contribution in [3.8, 4) is 0 Å². The fourth-order valence-corrected chi connectivity index (χ4v) is 4.52. The molecule has 0 unspecified atom stereocenters. The van der Waals surface area contributed by atoms with Crippen molar-refractivity contribution in [1.29, 1.82) is 0 Å². The smallest absolute Gasteiger partial charge is 0.0838 e. The Bertz CT molecular complexity index is 399. The second-order valence-electron chi connectivity index (χ2n) is 7.28. The zero-order valence-corrected chi connectivity index (χ0v) is 14.3. The van der Waals surface area contributed by atoms with Crippen molar-refractivity contribution in [2.75, 3.05) is 6.61 Å². The molecule has 0 amide bonds. The first-order chi connectivity index (χ1) is 9.44. The van der Waals surface area contributed by atoms with Crippen molar-refractivity contribution in [1.82, 2.24) is 0 Å². The molecular formula is C17H28O2Si. The van der Waals surface area contributed by atoms with E-state index in [1.807, 2.05) is 6.07 Å². The van der Waals surface area contributed by atoms with Crippen LogP contribution in [0.3, 0.4) is 0 Å². The first-order valence-corrected chi connectivity index (χ1v) is 11.4. The van der Waals surface area contributed by atoms with Crippen LogP contribution in [0.4, 0.5) is 0 Å². The summed E-state index contributed by atoms with van der Waals surface area (Å²) in [5, 5.41) is 0. The Labute approximate surface area is 124 Å². The van der Waals surface area contributed by atoms with E-state index in [9.17, 15) is 0 Å². The van der Waals surface area contributed by atoms with Crippen LogP contribution in [0.15, 0.2) is 30.3 Å². The van der Waals surface area contributed by atoms with Crippen LogP contribution in [0.1, 0.15) is 18.9 Å². The minimum absolute atomic E-state index is 0.278. The van der Waals surface area contributed by atoms with Crippen molar-refractivity contribution >= 4 is 8.07 Å². The van der Waals surface area contributed by atoms with Crippen LogP contribution in [0.2, 0.25) is 25.7 Å². The van der Waals surface area contributed by atoms with Gasteiger partial charge in [-0.3, -0.25) is 0 Å². The minimum atomic E-state index is -1.03. The van der Waals surface area contributed by atoms with Crippen LogP contribution in [0, 0.1) is 5.92 Å². The number of hydrogen-bond acceptors (Lipinski definition) is 2. The Kier molecular flexibility index (Phi) is 5.41. The van der Waals surface area contributed by atoms with Gasteiger partial charge < -0.3 is 9.47 Å². The molecule has 1 saturated heterocycles. The molecule has 0 radical (unpaired) electrons. The van der Waals surface area contributed by atoms with Crippen LogP contribution in [0.5, 0.6) is 0 Å². The summed E-state index contributed by atoms with van der Waals surface area (Å²) < 4.78 is 12.0. The van der Waals surface area contributed by atoms with Gasteiger partial charge >= 0.3 is 0 Å². The van der Waals surface area contributed by atoms with E-state index < -0.39 is 8.07 Å². The molecule has 2 nitrogen and oxygen atoms in total. The van der Waals surface area contributed by atoms with Gasteiger partial charge in [-0.1, -0.05) is 56.9 Å². The van der Waals surface area contributed by atoms with Crippen LogP contribution >= 0.6 is 0 Å². The number of ether oxygens (including phenoxy) is 2. The first kappa shape index (κ1) is 15.7. The molecule has 112 valence electrons. The third-order valence-electron chi connectivity index (χ3n) is 3.87. The molecule has 0 bridgehead atoms. The highest BCUT2D eigenvalue weighted by Crippen LogP contribution is 2.31. The van der Waals surface area contributed by atoms with Crippen LogP contribution in [-0.4, -0.2) is 26.9 Å². The molecule has 0 aromatic heterocycles. The molecule has 3 heteroatoms. The predicted octanol–water partition coefficient (Wildman–Crippen LogP) is 4.34. The lowest BCUT2D eigenvalue weighted by molar-refractivity contribution is -0.0244. The highest BCUT2D eigenvalue weighted by atomic mass is 28.3. The maximum atomic E-state index is 6.20. The van der Waals surface area contributed by atoms with E-state index in [1.165, 1.54) is 18.0 Å². The molecule has 1 heterocycles. The van der Waals surface area contributed by atoms with E-state index in [4.69, 9.17) is 9.47 Å². The summed E-state index contributed by atoms with van der Waals surface area (Å²) in [7, 11) is -1.03. The van der Waals surface area contributed by atoms with Crippen molar-refractivity contribution in [3.63, 3.8) is 0 Å². The van der Waals surface area contributed by atoms with Gasteiger partial charge in [0.05, 0.1) is 25.4 Å². The van der Waals surface area contributed by atoms with Crippen LogP contribution in [-0.2, 0) is 16.1 Å². The summed E-state index contributed by atoms with van der Waals surface area (Å²) >= 11 is 0. The summed E-state index contributed by atoms with van der Waals surface area (Å²) in [5.74, 6) is 0.618. The molecule has 1 aliphatic rings. The average molecular weight is 292 g/mol. The third-order valence-corrected chi connectivity index (χ3v) is 5.55. The van der Waals surface area contributed by atoms with E-state index in [2.05, 4.69) is 50.8 Å². The largest absolute Gasteiger partial charge is 0.374 e. The monoisotopic (exact) mass is 292 g/mol. The molecule has 0 saturated carbocycles. The molecule has 2 rings (SSSR count). The summed E-state index contributed by atoms with van der Waals surface area (Å²) in [6, 6.07) is 11.6. The molecule has 1 fully saturated rings. The van der Waals surface area contributed by atoms with Gasteiger partial charge in [0, 0.05) is 8.07 Å². The van der Waals surface area contributed by atoms with Crippen molar-refractivity contribution in [2.45, 2.75) is 57.8 Å². The third kappa shape index (κ3) is 5.04. The second kappa shape index (κ2) is 6.88. The molecular weight excluding hydrogens is 264 g/mol. The standard InChI is InChI=1S/C17H28O2Si/c1-14-10-16(13-20(2,3)4)19-17(14)12-18-11-15-8-6-5-7-9-15/h5-9,14,16-17H,10-13H2,1-4H3/t14-,16+,17+/m0/s1. The topological polar surface area (TPSA) is 18.5 Å². The Morgan fingerprint density at radius 2 is 1.90 bits per heavy atom. The lowest BCUT2D eigenvalue weighted by Gasteiger charge is -2.21. The van der Waals surface area contributed by atoms with E-state index >= 15 is 0 Å². The molecule has 3 atom stereocenters. The lowest BCUT2D eigenvalue weighted by atomic mass is 10.0. The van der Waals surface area contributed by atoms with Crippen molar-refractivity contribution < 1.29 is 9.47 Å². The highest BCUT2D eigenvalue weighted by Gasteiger charge is 2.34. The van der Waals surface area contributed by atoms with E-state index in [1.54, 1.807) is 0 Å².